The quantitative estimate of drug-likeness (QED) is 0.292. The maximum absolute atomic E-state index is 5.76. The van der Waals surface area contributed by atoms with E-state index in [1.807, 2.05) is 18.5 Å². The van der Waals surface area contributed by atoms with E-state index in [1.54, 1.807) is 6.26 Å². The molecule has 3 rings (SSSR count). The van der Waals surface area contributed by atoms with E-state index in [2.05, 4.69) is 51.9 Å². The van der Waals surface area contributed by atoms with Gasteiger partial charge in [-0.2, -0.15) is 0 Å². The lowest BCUT2D eigenvalue weighted by atomic mass is 10.1. The number of aromatic nitrogens is 2. The lowest BCUT2D eigenvalue weighted by Crippen LogP contribution is -2.44. The molecule has 0 amide bonds. The maximum atomic E-state index is 5.76. The summed E-state index contributed by atoms with van der Waals surface area (Å²) in [6.07, 6.45) is 9.49. The first kappa shape index (κ1) is 24.7. The van der Waals surface area contributed by atoms with Crippen molar-refractivity contribution < 1.29 is 4.42 Å². The van der Waals surface area contributed by atoms with Gasteiger partial charge in [-0.05, 0) is 50.9 Å². The molecule has 2 aromatic rings. The highest BCUT2D eigenvalue weighted by atomic mass is 127. The molecule has 1 aliphatic heterocycles. The molecular formula is C22H37IN6O. The van der Waals surface area contributed by atoms with E-state index in [1.165, 1.54) is 19.3 Å². The number of imidazole rings is 1. The Kier molecular flexibility index (Phi) is 10.7. The summed E-state index contributed by atoms with van der Waals surface area (Å²) in [7, 11) is 0. The standard InChI is InChI=1S/C22H36N6O.HI/c1-4-23-22(26-16-21-24-10-13-28(21)17-18(2)3)25-15-19(20-9-8-14-29-20)27-11-6-5-7-12-27;/h8-10,13-14,18-19H,4-7,11-12,15-17H2,1-3H3,(H2,23,25,26);1H. The van der Waals surface area contributed by atoms with E-state index in [0.29, 0.717) is 12.5 Å². The molecule has 2 aromatic heterocycles. The normalized spacial score (nSPS) is 16.3. The van der Waals surface area contributed by atoms with Crippen molar-refractivity contribution in [2.75, 3.05) is 26.2 Å². The van der Waals surface area contributed by atoms with Crippen molar-refractivity contribution in [2.24, 2.45) is 10.9 Å². The number of aliphatic imine (C=N–C) groups is 1. The Labute approximate surface area is 197 Å². The van der Waals surface area contributed by atoms with E-state index >= 15 is 0 Å². The zero-order chi connectivity index (χ0) is 20.5. The van der Waals surface area contributed by atoms with E-state index in [0.717, 1.165) is 50.3 Å². The van der Waals surface area contributed by atoms with Crippen molar-refractivity contribution in [1.29, 1.82) is 0 Å². The van der Waals surface area contributed by atoms with Crippen molar-refractivity contribution >= 4 is 29.9 Å². The zero-order valence-electron chi connectivity index (χ0n) is 18.5. The highest BCUT2D eigenvalue weighted by molar-refractivity contribution is 14.0. The third-order valence-electron chi connectivity index (χ3n) is 5.25. The number of guanidine groups is 1. The molecule has 168 valence electrons. The predicted octanol–water partition coefficient (Wildman–Crippen LogP) is 4.03. The number of rotatable bonds is 9. The molecule has 0 aromatic carbocycles. The molecule has 2 N–H and O–H groups in total. The fourth-order valence-corrected chi connectivity index (χ4v) is 3.86. The Morgan fingerprint density at radius 1 is 1.23 bits per heavy atom. The van der Waals surface area contributed by atoms with Crippen LogP contribution < -0.4 is 10.6 Å². The summed E-state index contributed by atoms with van der Waals surface area (Å²) in [6.45, 7) is 11.9. The number of nitrogens with zero attached hydrogens (tertiary/aromatic N) is 4. The first-order valence-electron chi connectivity index (χ1n) is 11.0. The van der Waals surface area contributed by atoms with E-state index in [-0.39, 0.29) is 30.0 Å². The van der Waals surface area contributed by atoms with Gasteiger partial charge in [0.1, 0.15) is 18.1 Å². The molecule has 1 fully saturated rings. The third-order valence-corrected chi connectivity index (χ3v) is 5.25. The van der Waals surface area contributed by atoms with E-state index in [4.69, 9.17) is 9.41 Å². The molecule has 3 heterocycles. The van der Waals surface area contributed by atoms with Gasteiger partial charge in [-0.1, -0.05) is 20.3 Å². The van der Waals surface area contributed by atoms with Crippen molar-refractivity contribution in [3.8, 4) is 0 Å². The average molecular weight is 528 g/mol. The summed E-state index contributed by atoms with van der Waals surface area (Å²) < 4.78 is 7.95. The van der Waals surface area contributed by atoms with Crippen molar-refractivity contribution in [3.63, 3.8) is 0 Å². The minimum Gasteiger partial charge on any atom is -0.468 e. The molecule has 1 unspecified atom stereocenters. The van der Waals surface area contributed by atoms with Gasteiger partial charge in [0.2, 0.25) is 0 Å². The smallest absolute Gasteiger partial charge is 0.191 e. The Morgan fingerprint density at radius 3 is 2.70 bits per heavy atom. The maximum Gasteiger partial charge on any atom is 0.191 e. The second kappa shape index (κ2) is 13.0. The minimum atomic E-state index is 0. The SMILES string of the molecule is CCNC(=NCc1nccn1CC(C)C)NCC(c1ccco1)N1CCCCC1.I. The number of piperidine rings is 1. The van der Waals surface area contributed by atoms with Crippen LogP contribution in [-0.4, -0.2) is 46.6 Å². The van der Waals surface area contributed by atoms with Gasteiger partial charge in [0, 0.05) is 32.0 Å². The number of furan rings is 1. The molecule has 1 aliphatic rings. The predicted molar refractivity (Wildman–Crippen MR) is 132 cm³/mol. The van der Waals surface area contributed by atoms with E-state index < -0.39 is 0 Å². The van der Waals surface area contributed by atoms with Gasteiger partial charge in [0.25, 0.3) is 0 Å². The number of hydrogen-bond donors (Lipinski definition) is 2. The van der Waals surface area contributed by atoms with Crippen LogP contribution in [0.25, 0.3) is 0 Å². The molecule has 0 saturated carbocycles. The Bertz CT molecular complexity index is 737. The first-order chi connectivity index (χ1) is 14.2. The molecule has 0 spiro atoms. The van der Waals surface area contributed by atoms with Gasteiger partial charge in [0.15, 0.2) is 5.96 Å². The lowest BCUT2D eigenvalue weighted by Gasteiger charge is -2.33. The largest absolute Gasteiger partial charge is 0.468 e. The van der Waals surface area contributed by atoms with Crippen molar-refractivity contribution in [2.45, 2.75) is 59.2 Å². The topological polar surface area (TPSA) is 70.6 Å². The number of hydrogen-bond acceptors (Lipinski definition) is 4. The number of nitrogens with one attached hydrogen (secondary N) is 2. The van der Waals surface area contributed by atoms with Crippen LogP contribution in [0.15, 0.2) is 40.2 Å². The average Bonchev–Trinajstić information content (AvgIpc) is 3.39. The highest BCUT2D eigenvalue weighted by Gasteiger charge is 2.24. The lowest BCUT2D eigenvalue weighted by molar-refractivity contribution is 0.146. The third kappa shape index (κ3) is 7.30. The van der Waals surface area contributed by atoms with Crippen LogP contribution in [0.2, 0.25) is 0 Å². The fraction of sp³-hybridized carbons (Fsp3) is 0.636. The molecule has 0 radical (unpaired) electrons. The van der Waals surface area contributed by atoms with Gasteiger partial charge in [-0.15, -0.1) is 24.0 Å². The molecule has 8 heteroatoms. The Balaban J connectivity index is 0.00000320. The molecule has 0 bridgehead atoms. The van der Waals surface area contributed by atoms with Crippen LogP contribution in [0.4, 0.5) is 0 Å². The minimum absolute atomic E-state index is 0. The van der Waals surface area contributed by atoms with Crippen molar-refractivity contribution in [1.82, 2.24) is 25.1 Å². The Hall–Kier alpha value is -1.55. The van der Waals surface area contributed by atoms with Crippen LogP contribution in [0.3, 0.4) is 0 Å². The first-order valence-corrected chi connectivity index (χ1v) is 11.0. The molecule has 1 atom stereocenters. The molecule has 1 saturated heterocycles. The zero-order valence-corrected chi connectivity index (χ0v) is 20.8. The number of halogens is 1. The molecule has 7 nitrogen and oxygen atoms in total. The number of likely N-dealkylation sites (tertiary alicyclic amines) is 1. The Morgan fingerprint density at radius 2 is 2.03 bits per heavy atom. The van der Waals surface area contributed by atoms with Gasteiger partial charge in [0.05, 0.1) is 12.3 Å². The van der Waals surface area contributed by atoms with Crippen molar-refractivity contribution in [3.05, 3.63) is 42.4 Å². The molecule has 30 heavy (non-hydrogen) atoms. The van der Waals surface area contributed by atoms with E-state index in [9.17, 15) is 0 Å². The van der Waals surface area contributed by atoms with Gasteiger partial charge in [-0.25, -0.2) is 9.98 Å². The second-order valence-electron chi connectivity index (χ2n) is 8.09. The van der Waals surface area contributed by atoms with Crippen LogP contribution >= 0.6 is 24.0 Å². The summed E-state index contributed by atoms with van der Waals surface area (Å²) in [4.78, 5) is 11.8. The van der Waals surface area contributed by atoms with Crippen LogP contribution in [0.5, 0.6) is 0 Å². The van der Waals surface area contributed by atoms with Crippen LogP contribution in [0, 0.1) is 5.92 Å². The second-order valence-corrected chi connectivity index (χ2v) is 8.09. The molecular weight excluding hydrogens is 491 g/mol. The highest BCUT2D eigenvalue weighted by Crippen LogP contribution is 2.24. The fourth-order valence-electron chi connectivity index (χ4n) is 3.86. The van der Waals surface area contributed by atoms with Crippen LogP contribution in [-0.2, 0) is 13.1 Å². The monoisotopic (exact) mass is 528 g/mol. The summed E-state index contributed by atoms with van der Waals surface area (Å²) in [5.41, 5.74) is 0. The summed E-state index contributed by atoms with van der Waals surface area (Å²) in [5.74, 6) is 3.41. The van der Waals surface area contributed by atoms with Gasteiger partial charge < -0.3 is 19.6 Å². The van der Waals surface area contributed by atoms with Gasteiger partial charge >= 0.3 is 0 Å². The summed E-state index contributed by atoms with van der Waals surface area (Å²) in [5, 5.41) is 6.89. The molecule has 0 aliphatic carbocycles. The summed E-state index contributed by atoms with van der Waals surface area (Å²) in [6, 6.07) is 4.27. The van der Waals surface area contributed by atoms with Gasteiger partial charge in [-0.3, -0.25) is 4.90 Å². The summed E-state index contributed by atoms with van der Waals surface area (Å²) >= 11 is 0. The van der Waals surface area contributed by atoms with Crippen LogP contribution in [0.1, 0.15) is 57.7 Å².